The van der Waals surface area contributed by atoms with Gasteiger partial charge in [0.2, 0.25) is 0 Å². The highest BCUT2D eigenvalue weighted by molar-refractivity contribution is 5.94. The van der Waals surface area contributed by atoms with E-state index in [1.54, 1.807) is 13.0 Å². The van der Waals surface area contributed by atoms with E-state index in [0.29, 0.717) is 17.8 Å². The molecule has 0 bridgehead atoms. The number of nitrogen functional groups attached to an aromatic ring is 1. The number of nitrogens with one attached hydrogen (secondary N) is 1. The highest BCUT2D eigenvalue weighted by atomic mass is 19.1. The number of benzene rings is 2. The Bertz CT molecular complexity index is 633. The van der Waals surface area contributed by atoms with Crippen molar-refractivity contribution in [3.8, 4) is 0 Å². The molecular formula is C16H17FN2O. The molecule has 20 heavy (non-hydrogen) atoms. The first-order valence-corrected chi connectivity index (χ1v) is 6.36. The van der Waals surface area contributed by atoms with Gasteiger partial charge in [0.25, 0.3) is 5.91 Å². The highest BCUT2D eigenvalue weighted by Crippen LogP contribution is 2.15. The van der Waals surface area contributed by atoms with E-state index >= 15 is 0 Å². The van der Waals surface area contributed by atoms with E-state index in [1.807, 2.05) is 25.1 Å². The van der Waals surface area contributed by atoms with Crippen molar-refractivity contribution in [1.82, 2.24) is 5.32 Å². The zero-order valence-electron chi connectivity index (χ0n) is 11.5. The molecule has 0 aliphatic heterocycles. The molecule has 0 heterocycles. The Balaban J connectivity index is 2.10. The van der Waals surface area contributed by atoms with Crippen LogP contribution in [0.25, 0.3) is 0 Å². The molecule has 0 aliphatic carbocycles. The Hall–Kier alpha value is -2.36. The molecule has 2 aromatic carbocycles. The summed E-state index contributed by atoms with van der Waals surface area (Å²) in [6.45, 7) is 4.02. The van der Waals surface area contributed by atoms with Crippen LogP contribution in [0.2, 0.25) is 0 Å². The Kier molecular flexibility index (Phi) is 4.03. The molecule has 0 aliphatic rings. The largest absolute Gasteiger partial charge is 0.399 e. The van der Waals surface area contributed by atoms with Gasteiger partial charge < -0.3 is 11.1 Å². The molecule has 0 saturated heterocycles. The number of carbonyl (C=O) groups is 1. The molecule has 0 radical (unpaired) electrons. The molecule has 0 spiro atoms. The zero-order chi connectivity index (χ0) is 14.7. The molecular weight excluding hydrogens is 255 g/mol. The van der Waals surface area contributed by atoms with E-state index in [1.165, 1.54) is 12.1 Å². The third kappa shape index (κ3) is 3.15. The fourth-order valence-electron chi connectivity index (χ4n) is 2.04. The Labute approximate surface area is 117 Å². The molecule has 0 fully saturated rings. The lowest BCUT2D eigenvalue weighted by Gasteiger charge is -2.10. The third-order valence-electron chi connectivity index (χ3n) is 3.23. The molecule has 3 nitrogen and oxygen atoms in total. The molecule has 3 N–H and O–H groups in total. The summed E-state index contributed by atoms with van der Waals surface area (Å²) in [5, 5.41) is 2.78. The minimum Gasteiger partial charge on any atom is -0.399 e. The number of rotatable bonds is 3. The van der Waals surface area contributed by atoms with Crippen LogP contribution in [-0.2, 0) is 6.54 Å². The van der Waals surface area contributed by atoms with E-state index in [0.717, 1.165) is 16.7 Å². The Morgan fingerprint density at radius 2 is 2.00 bits per heavy atom. The van der Waals surface area contributed by atoms with Gasteiger partial charge in [-0.25, -0.2) is 4.39 Å². The molecule has 4 heteroatoms. The summed E-state index contributed by atoms with van der Waals surface area (Å²) >= 11 is 0. The topological polar surface area (TPSA) is 55.1 Å². The number of amides is 1. The smallest absolute Gasteiger partial charge is 0.251 e. The second-order valence-corrected chi connectivity index (χ2v) is 4.83. The summed E-state index contributed by atoms with van der Waals surface area (Å²) in [5.74, 6) is -0.704. The van der Waals surface area contributed by atoms with Gasteiger partial charge in [-0.3, -0.25) is 4.79 Å². The lowest BCUT2D eigenvalue weighted by molar-refractivity contribution is 0.0950. The van der Waals surface area contributed by atoms with Crippen LogP contribution in [0, 0.1) is 19.7 Å². The van der Waals surface area contributed by atoms with Crippen molar-refractivity contribution in [2.45, 2.75) is 20.4 Å². The van der Waals surface area contributed by atoms with Crippen molar-refractivity contribution < 1.29 is 9.18 Å². The van der Waals surface area contributed by atoms with Crippen LogP contribution in [0.3, 0.4) is 0 Å². The Morgan fingerprint density at radius 1 is 1.25 bits per heavy atom. The number of hydrogen-bond acceptors (Lipinski definition) is 2. The third-order valence-corrected chi connectivity index (χ3v) is 3.23. The van der Waals surface area contributed by atoms with E-state index in [2.05, 4.69) is 5.32 Å². The van der Waals surface area contributed by atoms with Gasteiger partial charge in [-0.1, -0.05) is 12.1 Å². The van der Waals surface area contributed by atoms with Gasteiger partial charge in [0, 0.05) is 17.8 Å². The van der Waals surface area contributed by atoms with E-state index < -0.39 is 5.82 Å². The SMILES string of the molecule is Cc1cc(F)cc(C(=O)NCc2cccc(N)c2C)c1. The predicted octanol–water partition coefficient (Wildman–Crippen LogP) is 2.95. The second-order valence-electron chi connectivity index (χ2n) is 4.83. The van der Waals surface area contributed by atoms with E-state index in [4.69, 9.17) is 5.73 Å². The normalized spacial score (nSPS) is 10.3. The van der Waals surface area contributed by atoms with Gasteiger partial charge in [0.05, 0.1) is 0 Å². The van der Waals surface area contributed by atoms with Crippen LogP contribution in [-0.4, -0.2) is 5.91 Å². The monoisotopic (exact) mass is 272 g/mol. The van der Waals surface area contributed by atoms with E-state index in [9.17, 15) is 9.18 Å². The fourth-order valence-corrected chi connectivity index (χ4v) is 2.04. The number of anilines is 1. The van der Waals surface area contributed by atoms with Crippen LogP contribution in [0.15, 0.2) is 36.4 Å². The van der Waals surface area contributed by atoms with Gasteiger partial charge in [-0.15, -0.1) is 0 Å². The molecule has 1 amide bonds. The van der Waals surface area contributed by atoms with Gasteiger partial charge in [0.15, 0.2) is 0 Å². The highest BCUT2D eigenvalue weighted by Gasteiger charge is 2.09. The number of nitrogens with two attached hydrogens (primary N) is 1. The summed E-state index contributed by atoms with van der Waals surface area (Å²) in [5.41, 5.74) is 9.45. The first-order chi connectivity index (χ1) is 9.47. The molecule has 2 aromatic rings. The first-order valence-electron chi connectivity index (χ1n) is 6.36. The number of halogens is 1. The van der Waals surface area contributed by atoms with Gasteiger partial charge in [-0.05, 0) is 54.8 Å². The number of carbonyl (C=O) groups excluding carboxylic acids is 1. The van der Waals surface area contributed by atoms with E-state index in [-0.39, 0.29) is 5.91 Å². The van der Waals surface area contributed by atoms with Gasteiger partial charge in [0.1, 0.15) is 5.82 Å². The molecule has 0 saturated carbocycles. The summed E-state index contributed by atoms with van der Waals surface area (Å²) in [6.07, 6.45) is 0. The number of hydrogen-bond donors (Lipinski definition) is 2. The number of aryl methyl sites for hydroxylation is 1. The van der Waals surface area contributed by atoms with Crippen LogP contribution >= 0.6 is 0 Å². The second kappa shape index (κ2) is 5.74. The quantitative estimate of drug-likeness (QED) is 0.844. The maximum Gasteiger partial charge on any atom is 0.251 e. The van der Waals surface area contributed by atoms with Crippen molar-refractivity contribution in [3.05, 3.63) is 64.5 Å². The lowest BCUT2D eigenvalue weighted by atomic mass is 10.1. The molecule has 104 valence electrons. The van der Waals surface area contributed by atoms with Crippen LogP contribution in [0.5, 0.6) is 0 Å². The minimum absolute atomic E-state index is 0.297. The lowest BCUT2D eigenvalue weighted by Crippen LogP contribution is -2.23. The van der Waals surface area contributed by atoms with Crippen molar-refractivity contribution in [3.63, 3.8) is 0 Å². The van der Waals surface area contributed by atoms with Crippen molar-refractivity contribution in [2.75, 3.05) is 5.73 Å². The van der Waals surface area contributed by atoms with Crippen molar-refractivity contribution >= 4 is 11.6 Å². The van der Waals surface area contributed by atoms with Gasteiger partial charge >= 0.3 is 0 Å². The maximum atomic E-state index is 13.3. The van der Waals surface area contributed by atoms with Crippen LogP contribution in [0.1, 0.15) is 27.0 Å². The fraction of sp³-hybridized carbons (Fsp3) is 0.188. The summed E-state index contributed by atoms with van der Waals surface area (Å²) in [7, 11) is 0. The minimum atomic E-state index is -0.407. The average Bonchev–Trinajstić information content (AvgIpc) is 2.39. The van der Waals surface area contributed by atoms with Gasteiger partial charge in [-0.2, -0.15) is 0 Å². The molecule has 0 aromatic heterocycles. The predicted molar refractivity (Wildman–Crippen MR) is 77.9 cm³/mol. The standard InChI is InChI=1S/C16H17FN2O/c1-10-6-13(8-14(17)7-10)16(20)19-9-12-4-3-5-15(18)11(12)2/h3-8H,9,18H2,1-2H3,(H,19,20). The summed E-state index contributed by atoms with van der Waals surface area (Å²) in [6, 6.07) is 9.84. The first kappa shape index (κ1) is 14.1. The van der Waals surface area contributed by atoms with Crippen molar-refractivity contribution in [1.29, 1.82) is 0 Å². The summed E-state index contributed by atoms with van der Waals surface area (Å²) < 4.78 is 13.3. The molecule has 0 atom stereocenters. The van der Waals surface area contributed by atoms with Crippen LogP contribution in [0.4, 0.5) is 10.1 Å². The molecule has 2 rings (SSSR count). The van der Waals surface area contributed by atoms with Crippen molar-refractivity contribution in [2.24, 2.45) is 0 Å². The maximum absolute atomic E-state index is 13.3. The average molecular weight is 272 g/mol. The molecule has 0 unspecified atom stereocenters. The summed E-state index contributed by atoms with van der Waals surface area (Å²) in [4.78, 5) is 12.0. The van der Waals surface area contributed by atoms with Crippen LogP contribution < -0.4 is 11.1 Å². The Morgan fingerprint density at radius 3 is 2.70 bits per heavy atom. The zero-order valence-corrected chi connectivity index (χ0v) is 11.5.